The van der Waals surface area contributed by atoms with E-state index >= 15 is 0 Å². The van der Waals surface area contributed by atoms with Crippen molar-refractivity contribution in [2.75, 3.05) is 26.4 Å². The molecule has 0 unspecified atom stereocenters. The lowest BCUT2D eigenvalue weighted by Gasteiger charge is -2.26. The third-order valence-electron chi connectivity index (χ3n) is 15.4. The van der Waals surface area contributed by atoms with E-state index in [1.54, 1.807) is 24.3 Å². The van der Waals surface area contributed by atoms with E-state index in [-0.39, 0.29) is 119 Å². The number of aliphatic hydroxyl groups is 4. The number of phenolic OH excluding ortho intramolecular Hbond substituents is 16. The van der Waals surface area contributed by atoms with Crippen molar-refractivity contribution in [3.05, 3.63) is 166 Å². The normalized spacial score (nSPS) is 12.3. The number of rotatable bonds is 26. The van der Waals surface area contributed by atoms with Crippen LogP contribution in [-0.4, -0.2) is 152 Å². The van der Waals surface area contributed by atoms with Crippen molar-refractivity contribution in [3.8, 4) is 115 Å². The third kappa shape index (κ3) is 18.3. The summed E-state index contributed by atoms with van der Waals surface area (Å²) in [6.07, 6.45) is 2.74. The van der Waals surface area contributed by atoms with Crippen molar-refractivity contribution in [2.24, 2.45) is 23.7 Å². The Morgan fingerprint density at radius 2 is 0.469 bits per heavy atom. The van der Waals surface area contributed by atoms with E-state index in [0.29, 0.717) is 60.8 Å². The molecule has 0 spiro atoms. The van der Waals surface area contributed by atoms with Crippen molar-refractivity contribution in [1.82, 2.24) is 0 Å². The van der Waals surface area contributed by atoms with Crippen molar-refractivity contribution in [1.29, 1.82) is 0 Å². The highest BCUT2D eigenvalue weighted by Crippen LogP contribution is 2.42. The van der Waals surface area contributed by atoms with Gasteiger partial charge in [-0.3, -0.25) is 0 Å². The first-order valence-corrected chi connectivity index (χ1v) is 29.2. The third-order valence-corrected chi connectivity index (χ3v) is 15.4. The summed E-state index contributed by atoms with van der Waals surface area (Å²) in [6, 6.07) is 24.1. The lowest BCUT2D eigenvalue weighted by Crippen LogP contribution is -2.24. The minimum atomic E-state index is -1.05. The van der Waals surface area contributed by atoms with E-state index in [9.17, 15) is 121 Å². The van der Waals surface area contributed by atoms with Crippen molar-refractivity contribution < 1.29 is 140 Å². The Bertz CT molecular complexity index is 3770. The number of phenols is 16. The number of benzene rings is 8. The summed E-state index contributed by atoms with van der Waals surface area (Å²) in [5, 5.41) is 197. The van der Waals surface area contributed by atoms with Gasteiger partial charge < -0.3 is 121 Å². The van der Waals surface area contributed by atoms with Gasteiger partial charge >= 0.3 is 23.9 Å². The zero-order valence-corrected chi connectivity index (χ0v) is 50.6. The van der Waals surface area contributed by atoms with Gasteiger partial charge in [0.05, 0.1) is 22.3 Å². The molecule has 0 aromatic heterocycles. The first kappa shape index (κ1) is 71.7. The van der Waals surface area contributed by atoms with Crippen LogP contribution < -0.4 is 18.9 Å². The molecule has 8 rings (SSSR count). The number of hydrogen-bond donors (Lipinski definition) is 20. The molecular formula is C68H68O28. The Hall–Kier alpha value is -11.7. The zero-order valence-electron chi connectivity index (χ0n) is 50.6. The van der Waals surface area contributed by atoms with Crippen LogP contribution in [0.15, 0.2) is 121 Å². The van der Waals surface area contributed by atoms with Gasteiger partial charge in [-0.1, -0.05) is 24.3 Å². The fraction of sp³-hybridized carbons (Fsp3) is 0.235. The highest BCUT2D eigenvalue weighted by atomic mass is 16.6. The van der Waals surface area contributed by atoms with Gasteiger partial charge in [0.1, 0.15) is 0 Å². The van der Waals surface area contributed by atoms with Gasteiger partial charge in [0.15, 0.2) is 115 Å². The smallest absolute Gasteiger partial charge is 0.343 e. The first-order chi connectivity index (χ1) is 45.6. The van der Waals surface area contributed by atoms with E-state index in [2.05, 4.69) is 0 Å². The summed E-state index contributed by atoms with van der Waals surface area (Å²) in [6.45, 7) is -0.847. The number of carbonyl (C=O) groups excluding carboxylic acids is 4. The summed E-state index contributed by atoms with van der Waals surface area (Å²) >= 11 is 0. The molecule has 0 saturated heterocycles. The number of ether oxygens (including phenoxy) is 4. The number of esters is 4. The maximum Gasteiger partial charge on any atom is 0.343 e. The molecule has 508 valence electrons. The highest BCUT2D eigenvalue weighted by molar-refractivity contribution is 5.95. The van der Waals surface area contributed by atoms with E-state index < -0.39 is 105 Å². The Morgan fingerprint density at radius 3 is 0.656 bits per heavy atom. The van der Waals surface area contributed by atoms with Crippen LogP contribution in [0.5, 0.6) is 115 Å². The van der Waals surface area contributed by atoms with Crippen molar-refractivity contribution >= 4 is 23.9 Å². The summed E-state index contributed by atoms with van der Waals surface area (Å²) in [7, 11) is 0. The van der Waals surface area contributed by atoms with Gasteiger partial charge in [0.2, 0.25) is 0 Å². The fourth-order valence-electron chi connectivity index (χ4n) is 10.3. The Kier molecular flexibility index (Phi) is 24.1. The molecule has 0 radical (unpaired) electrons. The van der Waals surface area contributed by atoms with Crippen LogP contribution in [0.1, 0.15) is 89.4 Å². The molecular weight excluding hydrogens is 1260 g/mol. The number of hydrogen-bond acceptors (Lipinski definition) is 28. The molecule has 0 saturated carbocycles. The monoisotopic (exact) mass is 1330 g/mol. The molecule has 0 fully saturated rings. The molecule has 8 aromatic carbocycles. The van der Waals surface area contributed by atoms with E-state index in [0.717, 1.165) is 48.5 Å². The molecule has 96 heavy (non-hydrogen) atoms. The van der Waals surface area contributed by atoms with Gasteiger partial charge in [-0.05, 0) is 194 Å². The van der Waals surface area contributed by atoms with Crippen LogP contribution in [0, 0.1) is 23.7 Å². The second-order valence-electron chi connectivity index (χ2n) is 22.2. The van der Waals surface area contributed by atoms with Gasteiger partial charge in [0.25, 0.3) is 0 Å². The van der Waals surface area contributed by atoms with Crippen molar-refractivity contribution in [3.63, 3.8) is 0 Å². The Balaban J connectivity index is 0.000000271. The average molecular weight is 1330 g/mol. The Morgan fingerprint density at radius 1 is 0.271 bits per heavy atom. The topological polar surface area (TPSA) is 510 Å². The van der Waals surface area contributed by atoms with E-state index in [1.165, 1.54) is 48.5 Å². The summed E-state index contributed by atoms with van der Waals surface area (Å²) < 4.78 is 21.1. The highest BCUT2D eigenvalue weighted by Gasteiger charge is 2.28. The number of aliphatic hydroxyl groups excluding tert-OH is 4. The summed E-state index contributed by atoms with van der Waals surface area (Å²) in [4.78, 5) is 50.7. The van der Waals surface area contributed by atoms with Gasteiger partial charge in [-0.15, -0.1) is 0 Å². The quantitative estimate of drug-likeness (QED) is 0.0146. The second-order valence-corrected chi connectivity index (χ2v) is 22.2. The van der Waals surface area contributed by atoms with Crippen LogP contribution in [0.2, 0.25) is 0 Å². The maximum atomic E-state index is 12.7. The fourth-order valence-corrected chi connectivity index (χ4v) is 10.3. The van der Waals surface area contributed by atoms with E-state index in [4.69, 9.17) is 18.9 Å². The van der Waals surface area contributed by atoms with Crippen LogP contribution in [0.3, 0.4) is 0 Å². The molecule has 0 aliphatic rings. The van der Waals surface area contributed by atoms with Crippen LogP contribution in [-0.2, 0) is 25.7 Å². The molecule has 28 nitrogen and oxygen atoms in total. The van der Waals surface area contributed by atoms with Gasteiger partial charge in [0, 0.05) is 26.4 Å². The predicted molar refractivity (Wildman–Crippen MR) is 334 cm³/mol. The lowest BCUT2D eigenvalue weighted by atomic mass is 9.80. The molecule has 0 aliphatic carbocycles. The zero-order chi connectivity index (χ0) is 70.2. The predicted octanol–water partition coefficient (Wildman–Crippen LogP) is 7.10. The van der Waals surface area contributed by atoms with Crippen molar-refractivity contribution in [2.45, 2.75) is 51.4 Å². The van der Waals surface area contributed by atoms with Crippen LogP contribution in [0.25, 0.3) is 0 Å². The largest absolute Gasteiger partial charge is 0.504 e. The molecule has 28 heteroatoms. The lowest BCUT2D eigenvalue weighted by molar-refractivity contribution is 0.0719. The Labute approximate surface area is 544 Å². The molecule has 0 aliphatic heterocycles. The molecule has 0 bridgehead atoms. The van der Waals surface area contributed by atoms with Crippen LogP contribution >= 0.6 is 0 Å². The first-order valence-electron chi connectivity index (χ1n) is 29.2. The molecule has 4 atom stereocenters. The molecule has 20 N–H and O–H groups in total. The second kappa shape index (κ2) is 32.2. The number of carbonyl (C=O) groups is 4. The number of aromatic hydroxyl groups is 16. The summed E-state index contributed by atoms with van der Waals surface area (Å²) in [5.41, 5.74) is 1.09. The molecule has 8 aromatic rings. The van der Waals surface area contributed by atoms with E-state index in [1.807, 2.05) is 0 Å². The van der Waals surface area contributed by atoms with Gasteiger partial charge in [-0.25, -0.2) is 19.2 Å². The average Bonchev–Trinajstić information content (AvgIpc) is 1.30. The minimum Gasteiger partial charge on any atom is -0.504 e. The standard InChI is InChI=1S/2C34H34O14/c2*35-7-1-2-19(8-17-3-5-23(37)29(10-17)47-33(45)20-12-25(39)31(43)26(40)13-20)22(16-36)9-18-4-6-24(38)30(11-18)48-34(46)21-14-27(41)32(44)28(42)15-21/h2*3-6,10-15,19,22,35-44H,1-2,7-9,16H2/t2*19-,22+/m10/s1. The van der Waals surface area contributed by atoms with Gasteiger partial charge in [-0.2, -0.15) is 0 Å². The van der Waals surface area contributed by atoms with Crippen LogP contribution in [0.4, 0.5) is 0 Å². The molecule has 0 amide bonds. The SMILES string of the molecule is O=C(Oc1cc(C[C@@H](CO)[C@H](CCCO)Cc2ccc(O)c(OC(=O)c3cc(O)c(O)c(O)c3)c2)ccc1O)c1cc(O)c(O)c(O)c1.O=C(Oc1cc(C[C@H](CO)[C@@H](CCCO)Cc2ccc(O)c(OC(=O)c3cc(O)c(O)c(O)c3)c2)ccc1O)c1cc(O)c(O)c(O)c1. The summed E-state index contributed by atoms with van der Waals surface area (Å²) in [5.74, 6) is -17.4. The minimum absolute atomic E-state index is 0.124. The molecule has 0 heterocycles. The maximum absolute atomic E-state index is 12.7.